The lowest BCUT2D eigenvalue weighted by atomic mass is 10.1. The summed E-state index contributed by atoms with van der Waals surface area (Å²) in [6.07, 6.45) is 1.81. The van der Waals surface area contributed by atoms with Crippen LogP contribution >= 0.6 is 0 Å². The number of guanidine groups is 1. The molecule has 24 heavy (non-hydrogen) atoms. The number of hydrogen-bond donors (Lipinski definition) is 2. The van der Waals surface area contributed by atoms with Gasteiger partial charge in [-0.2, -0.15) is 0 Å². The quantitative estimate of drug-likeness (QED) is 0.477. The van der Waals surface area contributed by atoms with Crippen molar-refractivity contribution in [2.45, 2.75) is 45.7 Å². The fourth-order valence-electron chi connectivity index (χ4n) is 3.18. The molecule has 2 atom stereocenters. The Bertz CT molecular complexity index is 544. The molecule has 1 aliphatic rings. The summed E-state index contributed by atoms with van der Waals surface area (Å²) in [7, 11) is 1.81. The molecule has 1 fully saturated rings. The van der Waals surface area contributed by atoms with Gasteiger partial charge >= 0.3 is 0 Å². The first-order valence-corrected chi connectivity index (χ1v) is 8.95. The Morgan fingerprint density at radius 1 is 1.38 bits per heavy atom. The number of halogens is 1. The molecule has 2 unspecified atom stereocenters. The zero-order chi connectivity index (χ0) is 17.5. The Morgan fingerprint density at radius 3 is 2.79 bits per heavy atom. The van der Waals surface area contributed by atoms with Crippen LogP contribution in [-0.4, -0.2) is 49.6 Å². The fourth-order valence-corrected chi connectivity index (χ4v) is 3.18. The molecule has 4 nitrogen and oxygen atoms in total. The Balaban J connectivity index is 1.73. The molecule has 0 aromatic heterocycles. The van der Waals surface area contributed by atoms with Gasteiger partial charge in [-0.15, -0.1) is 0 Å². The van der Waals surface area contributed by atoms with Gasteiger partial charge in [0.2, 0.25) is 0 Å². The standard InChI is InChI=1S/C19H31FN4/c1-14(2)24-12-15(3)18(13-24)23-19(21-4)22-10-6-8-16-7-5-9-17(20)11-16/h5,7,9,11,14-15,18H,6,8,10,12-13H2,1-4H3,(H2,21,22,23). The molecular weight excluding hydrogens is 303 g/mol. The van der Waals surface area contributed by atoms with Crippen LogP contribution < -0.4 is 10.6 Å². The van der Waals surface area contributed by atoms with Gasteiger partial charge < -0.3 is 10.6 Å². The van der Waals surface area contributed by atoms with E-state index in [2.05, 4.69) is 41.3 Å². The fraction of sp³-hybridized carbons (Fsp3) is 0.632. The first kappa shape index (κ1) is 18.7. The normalized spacial score (nSPS) is 22.2. The SMILES string of the molecule is CN=C(NCCCc1cccc(F)c1)NC1CN(C(C)C)CC1C. The number of nitrogens with one attached hydrogen (secondary N) is 2. The van der Waals surface area contributed by atoms with Gasteiger partial charge in [0.05, 0.1) is 0 Å². The zero-order valence-corrected chi connectivity index (χ0v) is 15.3. The Kier molecular flexibility index (Phi) is 7.03. The van der Waals surface area contributed by atoms with Crippen molar-refractivity contribution >= 4 is 5.96 Å². The van der Waals surface area contributed by atoms with E-state index in [1.807, 2.05) is 13.1 Å². The average molecular weight is 334 g/mol. The highest BCUT2D eigenvalue weighted by Crippen LogP contribution is 2.18. The van der Waals surface area contributed by atoms with Crippen molar-refractivity contribution in [1.29, 1.82) is 0 Å². The van der Waals surface area contributed by atoms with E-state index < -0.39 is 0 Å². The molecule has 0 bridgehead atoms. The topological polar surface area (TPSA) is 39.7 Å². The second kappa shape index (κ2) is 9.02. The molecule has 1 saturated heterocycles. The summed E-state index contributed by atoms with van der Waals surface area (Å²) in [6.45, 7) is 9.79. The Labute approximate surface area is 145 Å². The molecule has 2 N–H and O–H groups in total. The largest absolute Gasteiger partial charge is 0.356 e. The molecule has 1 aromatic rings. The van der Waals surface area contributed by atoms with Gasteiger partial charge in [-0.05, 0) is 50.3 Å². The van der Waals surface area contributed by atoms with Gasteiger partial charge in [0.25, 0.3) is 0 Å². The summed E-state index contributed by atoms with van der Waals surface area (Å²) in [5, 5.41) is 6.92. The highest BCUT2D eigenvalue weighted by molar-refractivity contribution is 5.80. The molecule has 0 amide bonds. The highest BCUT2D eigenvalue weighted by Gasteiger charge is 2.31. The van der Waals surface area contributed by atoms with Gasteiger partial charge in [0.1, 0.15) is 5.82 Å². The summed E-state index contributed by atoms with van der Waals surface area (Å²) in [4.78, 5) is 6.83. The number of aliphatic imine (C=N–C) groups is 1. The maximum Gasteiger partial charge on any atom is 0.191 e. The minimum absolute atomic E-state index is 0.164. The maximum atomic E-state index is 13.2. The van der Waals surface area contributed by atoms with Gasteiger partial charge in [-0.25, -0.2) is 4.39 Å². The number of nitrogens with zero attached hydrogens (tertiary/aromatic N) is 2. The monoisotopic (exact) mass is 334 g/mol. The molecule has 1 heterocycles. The van der Waals surface area contributed by atoms with Crippen LogP contribution in [0.1, 0.15) is 32.8 Å². The van der Waals surface area contributed by atoms with Crippen LogP contribution in [0.5, 0.6) is 0 Å². The van der Waals surface area contributed by atoms with Gasteiger partial charge in [-0.3, -0.25) is 9.89 Å². The van der Waals surface area contributed by atoms with Crippen LogP contribution in [0.3, 0.4) is 0 Å². The lowest BCUT2D eigenvalue weighted by Crippen LogP contribution is -2.47. The van der Waals surface area contributed by atoms with E-state index in [1.165, 1.54) is 6.07 Å². The predicted molar refractivity (Wildman–Crippen MR) is 98.9 cm³/mol. The third kappa shape index (κ3) is 5.48. The molecule has 0 spiro atoms. The van der Waals surface area contributed by atoms with Crippen molar-refractivity contribution in [3.05, 3.63) is 35.6 Å². The van der Waals surface area contributed by atoms with Crippen molar-refractivity contribution in [2.75, 3.05) is 26.7 Å². The van der Waals surface area contributed by atoms with Crippen LogP contribution in [0.4, 0.5) is 4.39 Å². The lowest BCUT2D eigenvalue weighted by molar-refractivity contribution is 0.265. The van der Waals surface area contributed by atoms with E-state index in [0.717, 1.165) is 44.0 Å². The Morgan fingerprint density at radius 2 is 2.17 bits per heavy atom. The molecule has 0 saturated carbocycles. The summed E-state index contributed by atoms with van der Waals surface area (Å²) < 4.78 is 13.2. The maximum absolute atomic E-state index is 13.2. The van der Waals surface area contributed by atoms with Crippen molar-refractivity contribution in [3.8, 4) is 0 Å². The minimum atomic E-state index is -0.164. The molecule has 2 rings (SSSR count). The van der Waals surface area contributed by atoms with E-state index in [1.54, 1.807) is 12.1 Å². The predicted octanol–water partition coefficient (Wildman–Crippen LogP) is 2.65. The average Bonchev–Trinajstić information content (AvgIpc) is 2.91. The van der Waals surface area contributed by atoms with Crippen molar-refractivity contribution in [3.63, 3.8) is 0 Å². The molecule has 1 aliphatic heterocycles. The van der Waals surface area contributed by atoms with Crippen LogP contribution in [0, 0.1) is 11.7 Å². The number of rotatable bonds is 6. The van der Waals surface area contributed by atoms with E-state index in [0.29, 0.717) is 18.0 Å². The second-order valence-electron chi connectivity index (χ2n) is 7.01. The number of likely N-dealkylation sites (tertiary alicyclic amines) is 1. The smallest absolute Gasteiger partial charge is 0.191 e. The first-order valence-electron chi connectivity index (χ1n) is 8.95. The molecule has 1 aromatic carbocycles. The highest BCUT2D eigenvalue weighted by atomic mass is 19.1. The van der Waals surface area contributed by atoms with Crippen LogP contribution in [-0.2, 0) is 6.42 Å². The molecule has 0 radical (unpaired) electrons. The van der Waals surface area contributed by atoms with Gasteiger partial charge in [-0.1, -0.05) is 19.1 Å². The summed E-state index contributed by atoms with van der Waals surface area (Å²) in [5.74, 6) is 1.30. The van der Waals surface area contributed by atoms with Crippen molar-refractivity contribution in [2.24, 2.45) is 10.9 Å². The van der Waals surface area contributed by atoms with Crippen molar-refractivity contribution in [1.82, 2.24) is 15.5 Å². The zero-order valence-electron chi connectivity index (χ0n) is 15.3. The van der Waals surface area contributed by atoms with E-state index >= 15 is 0 Å². The number of benzene rings is 1. The summed E-state index contributed by atoms with van der Waals surface area (Å²) >= 11 is 0. The Hall–Kier alpha value is -1.62. The lowest BCUT2D eigenvalue weighted by Gasteiger charge is -2.22. The number of hydrogen-bond acceptors (Lipinski definition) is 2. The third-order valence-corrected chi connectivity index (χ3v) is 4.74. The third-order valence-electron chi connectivity index (χ3n) is 4.74. The van der Waals surface area contributed by atoms with Gasteiger partial charge in [0, 0.05) is 38.8 Å². The van der Waals surface area contributed by atoms with E-state index in [-0.39, 0.29) is 5.82 Å². The molecular formula is C19H31FN4. The van der Waals surface area contributed by atoms with Crippen LogP contribution in [0.25, 0.3) is 0 Å². The van der Waals surface area contributed by atoms with Gasteiger partial charge in [0.15, 0.2) is 5.96 Å². The first-order chi connectivity index (χ1) is 11.5. The van der Waals surface area contributed by atoms with E-state index in [9.17, 15) is 4.39 Å². The molecule has 134 valence electrons. The molecule has 0 aliphatic carbocycles. The second-order valence-corrected chi connectivity index (χ2v) is 7.01. The van der Waals surface area contributed by atoms with Crippen molar-refractivity contribution < 1.29 is 4.39 Å². The van der Waals surface area contributed by atoms with Crippen LogP contribution in [0.2, 0.25) is 0 Å². The summed E-state index contributed by atoms with van der Waals surface area (Å²) in [5.41, 5.74) is 1.04. The minimum Gasteiger partial charge on any atom is -0.356 e. The molecule has 5 heteroatoms. The number of aryl methyl sites for hydroxylation is 1. The van der Waals surface area contributed by atoms with Crippen LogP contribution in [0.15, 0.2) is 29.3 Å². The summed E-state index contributed by atoms with van der Waals surface area (Å²) in [6, 6.07) is 7.84. The van der Waals surface area contributed by atoms with E-state index in [4.69, 9.17) is 0 Å².